The molecule has 0 aliphatic carbocycles. The molecule has 4 heterocycles. The predicted octanol–water partition coefficient (Wildman–Crippen LogP) is 1.02. The van der Waals surface area contributed by atoms with Crippen molar-refractivity contribution in [2.75, 3.05) is 43.9 Å². The summed E-state index contributed by atoms with van der Waals surface area (Å²) in [5.74, 6) is 1.25. The van der Waals surface area contributed by atoms with Crippen LogP contribution in [0.1, 0.15) is 29.7 Å². The second-order valence-electron chi connectivity index (χ2n) is 7.02. The van der Waals surface area contributed by atoms with Gasteiger partial charge in [0.1, 0.15) is 5.82 Å². The first kappa shape index (κ1) is 17.2. The van der Waals surface area contributed by atoms with Crippen molar-refractivity contribution in [1.29, 1.82) is 0 Å². The van der Waals surface area contributed by atoms with Crippen molar-refractivity contribution >= 4 is 11.8 Å². The van der Waals surface area contributed by atoms with Gasteiger partial charge in [0.2, 0.25) is 5.95 Å². The predicted molar refractivity (Wildman–Crippen MR) is 100 cm³/mol. The number of nitrogens with zero attached hydrogens (tertiary/aromatic N) is 4. The summed E-state index contributed by atoms with van der Waals surface area (Å²) in [7, 11) is 0. The monoisotopic (exact) mass is 357 g/mol. The van der Waals surface area contributed by atoms with Crippen molar-refractivity contribution in [3.63, 3.8) is 0 Å². The Bertz CT molecular complexity index is 713. The lowest BCUT2D eigenvalue weighted by atomic mass is 10.1. The first-order chi connectivity index (χ1) is 12.8. The zero-order valence-electron chi connectivity index (χ0n) is 15.1. The number of rotatable bonds is 5. The van der Waals surface area contributed by atoms with Crippen LogP contribution >= 0.6 is 0 Å². The summed E-state index contributed by atoms with van der Waals surface area (Å²) in [6.45, 7) is 4.62. The van der Waals surface area contributed by atoms with Gasteiger partial charge in [0, 0.05) is 57.1 Å². The van der Waals surface area contributed by atoms with Gasteiger partial charge in [-0.3, -0.25) is 10.00 Å². The fourth-order valence-electron chi connectivity index (χ4n) is 3.94. The van der Waals surface area contributed by atoms with Crippen molar-refractivity contribution in [3.05, 3.63) is 29.2 Å². The molecule has 2 aliphatic rings. The standard InChI is InChI=1S/C18H27N7O/c19-18-23-16-3-8-25(14-4-9-26-10-5-14)7-2-15(16)17(24-18)20-6-1-13-11-21-22-12-13/h11-12,14H,1-10H2,(H,21,22)(H3,19,20,23,24). The summed E-state index contributed by atoms with van der Waals surface area (Å²) in [5.41, 5.74) is 9.47. The molecule has 8 heteroatoms. The van der Waals surface area contributed by atoms with E-state index in [1.54, 1.807) is 0 Å². The van der Waals surface area contributed by atoms with Gasteiger partial charge in [0.05, 0.1) is 11.9 Å². The van der Waals surface area contributed by atoms with Crippen LogP contribution in [0, 0.1) is 0 Å². The summed E-state index contributed by atoms with van der Waals surface area (Å²) in [6.07, 6.45) is 8.80. The zero-order chi connectivity index (χ0) is 17.8. The quantitative estimate of drug-likeness (QED) is 0.733. The van der Waals surface area contributed by atoms with Crippen LogP contribution < -0.4 is 11.1 Å². The Balaban J connectivity index is 1.44. The Morgan fingerprint density at radius 3 is 2.88 bits per heavy atom. The molecule has 2 aliphatic heterocycles. The Labute approximate surface area is 153 Å². The van der Waals surface area contributed by atoms with Crippen molar-refractivity contribution < 1.29 is 4.74 Å². The summed E-state index contributed by atoms with van der Waals surface area (Å²) >= 11 is 0. The van der Waals surface area contributed by atoms with E-state index in [2.05, 4.69) is 30.4 Å². The fourth-order valence-corrected chi connectivity index (χ4v) is 3.94. The van der Waals surface area contributed by atoms with Gasteiger partial charge in [-0.1, -0.05) is 0 Å². The molecule has 4 rings (SSSR count). The molecule has 0 atom stereocenters. The molecule has 1 saturated heterocycles. The van der Waals surface area contributed by atoms with E-state index in [0.717, 1.165) is 76.5 Å². The van der Waals surface area contributed by atoms with E-state index in [4.69, 9.17) is 10.5 Å². The van der Waals surface area contributed by atoms with Crippen LogP contribution in [0.4, 0.5) is 11.8 Å². The molecule has 0 spiro atoms. The molecule has 8 nitrogen and oxygen atoms in total. The molecule has 2 aromatic rings. The van der Waals surface area contributed by atoms with E-state index in [-0.39, 0.29) is 0 Å². The molecule has 0 unspecified atom stereocenters. The minimum absolute atomic E-state index is 0.356. The molecule has 4 N–H and O–H groups in total. The Morgan fingerprint density at radius 2 is 2.08 bits per heavy atom. The van der Waals surface area contributed by atoms with Crippen LogP contribution in [0.15, 0.2) is 12.4 Å². The lowest BCUT2D eigenvalue weighted by Crippen LogP contribution is -2.40. The third-order valence-corrected chi connectivity index (χ3v) is 5.36. The van der Waals surface area contributed by atoms with E-state index < -0.39 is 0 Å². The highest BCUT2D eigenvalue weighted by molar-refractivity contribution is 5.50. The second kappa shape index (κ2) is 8.01. The van der Waals surface area contributed by atoms with Crippen molar-refractivity contribution in [1.82, 2.24) is 25.1 Å². The number of nitrogens with one attached hydrogen (secondary N) is 2. The molecule has 140 valence electrons. The van der Waals surface area contributed by atoms with E-state index in [9.17, 15) is 0 Å². The lowest BCUT2D eigenvalue weighted by molar-refractivity contribution is 0.0355. The number of ether oxygens (including phenoxy) is 1. The normalized spacial score (nSPS) is 19.1. The van der Waals surface area contributed by atoms with Crippen LogP contribution in [0.25, 0.3) is 0 Å². The number of anilines is 2. The van der Waals surface area contributed by atoms with Gasteiger partial charge < -0.3 is 15.8 Å². The maximum Gasteiger partial charge on any atom is 0.222 e. The van der Waals surface area contributed by atoms with Crippen LogP contribution in [0.3, 0.4) is 0 Å². The highest BCUT2D eigenvalue weighted by atomic mass is 16.5. The minimum Gasteiger partial charge on any atom is -0.381 e. The van der Waals surface area contributed by atoms with Crippen LogP contribution in [-0.4, -0.2) is 64.0 Å². The van der Waals surface area contributed by atoms with Gasteiger partial charge in [0.15, 0.2) is 0 Å². The Kier molecular flexibility index (Phi) is 5.31. The van der Waals surface area contributed by atoms with Gasteiger partial charge in [0.25, 0.3) is 0 Å². The zero-order valence-corrected chi connectivity index (χ0v) is 15.1. The fraction of sp³-hybridized carbons (Fsp3) is 0.611. The summed E-state index contributed by atoms with van der Waals surface area (Å²) in [4.78, 5) is 11.6. The number of aromatic nitrogens is 4. The molecule has 26 heavy (non-hydrogen) atoms. The molecule has 0 saturated carbocycles. The number of fused-ring (bicyclic) bond motifs is 1. The third-order valence-electron chi connectivity index (χ3n) is 5.36. The highest BCUT2D eigenvalue weighted by Gasteiger charge is 2.25. The summed E-state index contributed by atoms with van der Waals surface area (Å²) in [6, 6.07) is 0.626. The molecule has 0 aromatic carbocycles. The summed E-state index contributed by atoms with van der Waals surface area (Å²) < 4.78 is 5.51. The number of hydrogen-bond donors (Lipinski definition) is 3. The van der Waals surface area contributed by atoms with Gasteiger partial charge in [-0.25, -0.2) is 4.98 Å². The molecule has 2 aromatic heterocycles. The smallest absolute Gasteiger partial charge is 0.222 e. The summed E-state index contributed by atoms with van der Waals surface area (Å²) in [5, 5.41) is 10.3. The SMILES string of the molecule is Nc1nc2c(c(NCCc3cn[nH]c3)n1)CCN(C1CCOCC1)CC2. The molecule has 0 bridgehead atoms. The van der Waals surface area contributed by atoms with Crippen molar-refractivity contribution in [2.24, 2.45) is 0 Å². The van der Waals surface area contributed by atoms with Crippen molar-refractivity contribution in [2.45, 2.75) is 38.1 Å². The van der Waals surface area contributed by atoms with Gasteiger partial charge >= 0.3 is 0 Å². The largest absolute Gasteiger partial charge is 0.381 e. The van der Waals surface area contributed by atoms with E-state index in [0.29, 0.717) is 12.0 Å². The average molecular weight is 357 g/mol. The molecule has 0 amide bonds. The number of aromatic amines is 1. The van der Waals surface area contributed by atoms with E-state index in [1.807, 2.05) is 12.4 Å². The lowest BCUT2D eigenvalue weighted by Gasteiger charge is -2.33. The highest BCUT2D eigenvalue weighted by Crippen LogP contribution is 2.25. The van der Waals surface area contributed by atoms with Crippen LogP contribution in [0.5, 0.6) is 0 Å². The maximum absolute atomic E-state index is 5.97. The number of nitrogens with two attached hydrogens (primary N) is 1. The number of nitrogen functional groups attached to an aromatic ring is 1. The molecular weight excluding hydrogens is 330 g/mol. The average Bonchev–Trinajstić information content (AvgIpc) is 3.08. The number of hydrogen-bond acceptors (Lipinski definition) is 7. The van der Waals surface area contributed by atoms with Crippen LogP contribution in [-0.2, 0) is 24.0 Å². The number of H-pyrrole nitrogens is 1. The third kappa shape index (κ3) is 3.96. The van der Waals surface area contributed by atoms with Crippen LogP contribution in [0.2, 0.25) is 0 Å². The maximum atomic E-state index is 5.97. The van der Waals surface area contributed by atoms with Gasteiger partial charge in [-0.2, -0.15) is 10.1 Å². The molecule has 0 radical (unpaired) electrons. The van der Waals surface area contributed by atoms with E-state index in [1.165, 1.54) is 11.1 Å². The van der Waals surface area contributed by atoms with Gasteiger partial charge in [-0.15, -0.1) is 0 Å². The van der Waals surface area contributed by atoms with E-state index >= 15 is 0 Å². The first-order valence-electron chi connectivity index (χ1n) is 9.48. The molecular formula is C18H27N7O. The first-order valence-corrected chi connectivity index (χ1v) is 9.48. The second-order valence-corrected chi connectivity index (χ2v) is 7.02. The molecule has 1 fully saturated rings. The van der Waals surface area contributed by atoms with Gasteiger partial charge in [-0.05, 0) is 31.2 Å². The Hall–Kier alpha value is -2.19. The Morgan fingerprint density at radius 1 is 1.23 bits per heavy atom. The topological polar surface area (TPSA) is 105 Å². The minimum atomic E-state index is 0.356. The van der Waals surface area contributed by atoms with Crippen molar-refractivity contribution in [3.8, 4) is 0 Å².